The van der Waals surface area contributed by atoms with Crippen molar-refractivity contribution in [1.29, 1.82) is 5.26 Å². The van der Waals surface area contributed by atoms with Crippen molar-refractivity contribution in [3.05, 3.63) is 18.0 Å². The average molecular weight is 230 g/mol. The summed E-state index contributed by atoms with van der Waals surface area (Å²) >= 11 is 0. The molecule has 0 aliphatic carbocycles. The Labute approximate surface area is 99.6 Å². The van der Waals surface area contributed by atoms with Gasteiger partial charge in [-0.05, 0) is 26.8 Å². The molecule has 2 aromatic rings. The van der Waals surface area contributed by atoms with E-state index in [0.29, 0.717) is 17.0 Å². The number of hydrogen-bond donors (Lipinski definition) is 0. The third kappa shape index (κ3) is 1.72. The van der Waals surface area contributed by atoms with E-state index < -0.39 is 0 Å². The Morgan fingerprint density at radius 3 is 2.65 bits per heavy atom. The van der Waals surface area contributed by atoms with E-state index in [1.807, 2.05) is 31.5 Å². The molecule has 0 fully saturated rings. The minimum Gasteiger partial charge on any atom is -0.480 e. The lowest BCUT2D eigenvalue weighted by molar-refractivity contribution is 0.367. The molecule has 0 amide bonds. The van der Waals surface area contributed by atoms with Crippen LogP contribution in [0.2, 0.25) is 0 Å². The average Bonchev–Trinajstić information content (AvgIpc) is 2.67. The molecule has 0 atom stereocenters. The van der Waals surface area contributed by atoms with Crippen LogP contribution in [0.15, 0.2) is 12.3 Å². The maximum absolute atomic E-state index is 9.13. The quantitative estimate of drug-likeness (QED) is 0.752. The lowest BCUT2D eigenvalue weighted by Gasteiger charge is -2.20. The fourth-order valence-corrected chi connectivity index (χ4v) is 1.78. The van der Waals surface area contributed by atoms with E-state index in [1.54, 1.807) is 6.20 Å². The molecule has 17 heavy (non-hydrogen) atoms. The summed E-state index contributed by atoms with van der Waals surface area (Å²) in [5, 5.41) is 14.1. The summed E-state index contributed by atoms with van der Waals surface area (Å²) in [5.74, 6) is 0.439. The van der Waals surface area contributed by atoms with Crippen LogP contribution in [-0.4, -0.2) is 21.9 Å². The molecular weight excluding hydrogens is 216 g/mol. The van der Waals surface area contributed by atoms with Gasteiger partial charge in [-0.2, -0.15) is 10.4 Å². The monoisotopic (exact) mass is 230 g/mol. The number of ether oxygens (including phenoxy) is 1. The number of aromatic nitrogens is 3. The van der Waals surface area contributed by atoms with E-state index in [4.69, 9.17) is 10.00 Å². The van der Waals surface area contributed by atoms with Crippen LogP contribution >= 0.6 is 0 Å². The zero-order valence-corrected chi connectivity index (χ0v) is 10.4. The normalized spacial score (nSPS) is 11.5. The number of pyridine rings is 1. The van der Waals surface area contributed by atoms with E-state index in [2.05, 4.69) is 16.2 Å². The molecule has 0 bridgehead atoms. The van der Waals surface area contributed by atoms with Gasteiger partial charge in [-0.3, -0.25) is 4.68 Å². The molecule has 5 nitrogen and oxygen atoms in total. The Balaban J connectivity index is 2.88. The molecule has 2 rings (SSSR count). The predicted molar refractivity (Wildman–Crippen MR) is 63.8 cm³/mol. The molecule has 0 spiro atoms. The fourth-order valence-electron chi connectivity index (χ4n) is 1.78. The molecule has 0 aliphatic heterocycles. The van der Waals surface area contributed by atoms with Gasteiger partial charge in [0, 0.05) is 6.20 Å². The number of nitriles is 1. The Hall–Kier alpha value is -2.09. The molecule has 0 aromatic carbocycles. The van der Waals surface area contributed by atoms with Gasteiger partial charge in [0.15, 0.2) is 5.69 Å². The second-order valence-corrected chi connectivity index (χ2v) is 4.76. The molecular formula is C12H14N4O. The van der Waals surface area contributed by atoms with Gasteiger partial charge in [0.2, 0.25) is 5.88 Å². The standard InChI is InChI=1S/C12H14N4O/c1-12(2,3)16-9-5-6-14-11(17-4)10(9)8(7-13)15-16/h5-6H,1-4H3. The third-order valence-electron chi connectivity index (χ3n) is 2.49. The molecule has 0 saturated carbocycles. The first-order chi connectivity index (χ1) is 7.99. The van der Waals surface area contributed by atoms with E-state index in [1.165, 1.54) is 7.11 Å². The summed E-state index contributed by atoms with van der Waals surface area (Å²) in [4.78, 5) is 4.10. The fraction of sp³-hybridized carbons (Fsp3) is 0.417. The molecule has 0 saturated heterocycles. The number of fused-ring (bicyclic) bond motifs is 1. The lowest BCUT2D eigenvalue weighted by atomic mass is 10.1. The van der Waals surface area contributed by atoms with E-state index >= 15 is 0 Å². The largest absolute Gasteiger partial charge is 0.480 e. The van der Waals surface area contributed by atoms with Crippen LogP contribution in [-0.2, 0) is 5.54 Å². The van der Waals surface area contributed by atoms with Crippen molar-refractivity contribution in [2.75, 3.05) is 7.11 Å². The van der Waals surface area contributed by atoms with E-state index in [9.17, 15) is 0 Å². The minimum atomic E-state index is -0.195. The van der Waals surface area contributed by atoms with E-state index in [0.717, 1.165) is 5.52 Å². The molecule has 0 unspecified atom stereocenters. The molecule has 2 aromatic heterocycles. The van der Waals surface area contributed by atoms with Gasteiger partial charge in [0.05, 0.1) is 18.2 Å². The summed E-state index contributed by atoms with van der Waals surface area (Å²) in [6, 6.07) is 3.93. The highest BCUT2D eigenvalue weighted by molar-refractivity contribution is 5.88. The van der Waals surface area contributed by atoms with Crippen LogP contribution in [0.5, 0.6) is 5.88 Å². The molecule has 2 heterocycles. The highest BCUT2D eigenvalue weighted by Gasteiger charge is 2.22. The van der Waals surface area contributed by atoms with Crippen molar-refractivity contribution in [2.45, 2.75) is 26.3 Å². The van der Waals surface area contributed by atoms with Crippen LogP contribution in [0.25, 0.3) is 10.9 Å². The van der Waals surface area contributed by atoms with Crippen LogP contribution in [0.1, 0.15) is 26.5 Å². The van der Waals surface area contributed by atoms with Gasteiger partial charge in [-0.15, -0.1) is 0 Å². The van der Waals surface area contributed by atoms with Crippen LogP contribution in [0, 0.1) is 11.3 Å². The van der Waals surface area contributed by atoms with Gasteiger partial charge in [-0.1, -0.05) is 0 Å². The lowest BCUT2D eigenvalue weighted by Crippen LogP contribution is -2.23. The second-order valence-electron chi connectivity index (χ2n) is 4.76. The molecule has 0 aliphatic rings. The smallest absolute Gasteiger partial charge is 0.225 e. The van der Waals surface area contributed by atoms with Crippen LogP contribution in [0.3, 0.4) is 0 Å². The summed E-state index contributed by atoms with van der Waals surface area (Å²) in [6.07, 6.45) is 1.66. The summed E-state index contributed by atoms with van der Waals surface area (Å²) in [7, 11) is 1.54. The van der Waals surface area contributed by atoms with Gasteiger partial charge >= 0.3 is 0 Å². The van der Waals surface area contributed by atoms with Crippen molar-refractivity contribution >= 4 is 10.9 Å². The Morgan fingerprint density at radius 1 is 1.41 bits per heavy atom. The van der Waals surface area contributed by atoms with Crippen molar-refractivity contribution in [1.82, 2.24) is 14.8 Å². The van der Waals surface area contributed by atoms with Crippen molar-refractivity contribution in [2.24, 2.45) is 0 Å². The first-order valence-electron chi connectivity index (χ1n) is 5.31. The van der Waals surface area contributed by atoms with Crippen molar-refractivity contribution in [3.63, 3.8) is 0 Å². The maximum atomic E-state index is 9.13. The zero-order chi connectivity index (χ0) is 12.6. The predicted octanol–water partition coefficient (Wildman–Crippen LogP) is 2.07. The number of methoxy groups -OCH3 is 1. The third-order valence-corrected chi connectivity index (χ3v) is 2.49. The van der Waals surface area contributed by atoms with Gasteiger partial charge in [0.1, 0.15) is 11.5 Å². The Morgan fingerprint density at radius 2 is 2.12 bits per heavy atom. The zero-order valence-electron chi connectivity index (χ0n) is 10.4. The van der Waals surface area contributed by atoms with Crippen molar-refractivity contribution in [3.8, 4) is 11.9 Å². The summed E-state index contributed by atoms with van der Waals surface area (Å²) < 4.78 is 7.00. The Kier molecular flexibility index (Phi) is 2.50. The number of hydrogen-bond acceptors (Lipinski definition) is 4. The molecule has 0 N–H and O–H groups in total. The first kappa shape index (κ1) is 11.4. The van der Waals surface area contributed by atoms with Crippen LogP contribution < -0.4 is 4.74 Å². The minimum absolute atomic E-state index is 0.195. The summed E-state index contributed by atoms with van der Waals surface area (Å²) in [6.45, 7) is 6.11. The summed E-state index contributed by atoms with van der Waals surface area (Å²) in [5.41, 5.74) is 1.01. The van der Waals surface area contributed by atoms with Crippen LogP contribution in [0.4, 0.5) is 0 Å². The highest BCUT2D eigenvalue weighted by atomic mass is 16.5. The Bertz CT molecular complexity index is 601. The second kappa shape index (κ2) is 3.74. The van der Waals surface area contributed by atoms with Crippen molar-refractivity contribution < 1.29 is 4.74 Å². The molecule has 88 valence electrons. The molecule has 5 heteroatoms. The van der Waals surface area contributed by atoms with Gasteiger partial charge in [0.25, 0.3) is 0 Å². The maximum Gasteiger partial charge on any atom is 0.225 e. The SMILES string of the molecule is COc1nccc2c1c(C#N)nn2C(C)(C)C. The highest BCUT2D eigenvalue weighted by Crippen LogP contribution is 2.29. The van der Waals surface area contributed by atoms with Gasteiger partial charge in [-0.25, -0.2) is 4.98 Å². The van der Waals surface area contributed by atoms with E-state index in [-0.39, 0.29) is 5.54 Å². The topological polar surface area (TPSA) is 63.7 Å². The number of nitrogens with zero attached hydrogens (tertiary/aromatic N) is 4. The first-order valence-corrected chi connectivity index (χ1v) is 5.31. The van der Waals surface area contributed by atoms with Gasteiger partial charge < -0.3 is 4.74 Å². The number of rotatable bonds is 1. The molecule has 0 radical (unpaired) electrons.